The van der Waals surface area contributed by atoms with Crippen LogP contribution in [0.15, 0.2) is 18.2 Å². The van der Waals surface area contributed by atoms with E-state index in [2.05, 4.69) is 11.0 Å². The number of halogens is 1. The maximum absolute atomic E-state index is 6.14. The molecule has 0 bridgehead atoms. The van der Waals surface area contributed by atoms with Gasteiger partial charge in [0.05, 0.1) is 0 Å². The van der Waals surface area contributed by atoms with Gasteiger partial charge in [0.15, 0.2) is 0 Å². The van der Waals surface area contributed by atoms with Gasteiger partial charge in [-0.15, -0.1) is 0 Å². The normalized spacial score (nSPS) is 17.8. The third-order valence-corrected chi connectivity index (χ3v) is 3.02. The number of hydrogen-bond acceptors (Lipinski definition) is 2. The number of nitrogens with zero attached hydrogens (tertiary/aromatic N) is 1. The van der Waals surface area contributed by atoms with Gasteiger partial charge in [-0.25, -0.2) is 0 Å². The molecule has 1 aliphatic rings. The number of rotatable bonds is 2. The van der Waals surface area contributed by atoms with E-state index in [-0.39, 0.29) is 6.04 Å². The van der Waals surface area contributed by atoms with Gasteiger partial charge in [0.25, 0.3) is 0 Å². The number of benzene rings is 1. The molecule has 3 heteroatoms. The van der Waals surface area contributed by atoms with Gasteiger partial charge in [-0.3, -0.25) is 0 Å². The van der Waals surface area contributed by atoms with Crippen LogP contribution in [-0.2, 0) is 0 Å². The van der Waals surface area contributed by atoms with Crippen molar-refractivity contribution in [2.24, 2.45) is 5.73 Å². The predicted octanol–water partition coefficient (Wildman–Crippen LogP) is 2.57. The van der Waals surface area contributed by atoms with E-state index >= 15 is 0 Å². The third-order valence-electron chi connectivity index (χ3n) is 2.70. The second-order valence-corrected chi connectivity index (χ2v) is 4.24. The molecule has 0 spiro atoms. The van der Waals surface area contributed by atoms with Gasteiger partial charge in [-0.05, 0) is 31.0 Å². The summed E-state index contributed by atoms with van der Waals surface area (Å²) in [5.74, 6) is 0. The zero-order valence-electron chi connectivity index (χ0n) is 8.33. The molecule has 2 N–H and O–H groups in total. The van der Waals surface area contributed by atoms with Crippen LogP contribution in [0.1, 0.15) is 24.9 Å². The molecule has 1 aromatic rings. The summed E-state index contributed by atoms with van der Waals surface area (Å²) in [5, 5.41) is 0.782. The Morgan fingerprint density at radius 1 is 1.43 bits per heavy atom. The van der Waals surface area contributed by atoms with E-state index in [1.807, 2.05) is 19.1 Å². The fourth-order valence-electron chi connectivity index (χ4n) is 1.66. The molecule has 2 rings (SSSR count). The van der Waals surface area contributed by atoms with E-state index in [1.54, 1.807) is 0 Å². The largest absolute Gasteiger partial charge is 0.371 e. The van der Waals surface area contributed by atoms with Gasteiger partial charge in [0, 0.05) is 29.8 Å². The lowest BCUT2D eigenvalue weighted by Crippen LogP contribution is -2.36. The first-order valence-electron chi connectivity index (χ1n) is 4.98. The Morgan fingerprint density at radius 3 is 2.57 bits per heavy atom. The second kappa shape index (κ2) is 3.79. The van der Waals surface area contributed by atoms with Gasteiger partial charge in [0.1, 0.15) is 0 Å². The lowest BCUT2D eigenvalue weighted by molar-refractivity contribution is 0.617. The topological polar surface area (TPSA) is 29.3 Å². The van der Waals surface area contributed by atoms with Crippen LogP contribution in [0.2, 0.25) is 5.02 Å². The molecule has 14 heavy (non-hydrogen) atoms. The summed E-state index contributed by atoms with van der Waals surface area (Å²) in [6, 6.07) is 6.15. The van der Waals surface area contributed by atoms with Crippen molar-refractivity contribution in [1.29, 1.82) is 0 Å². The lowest BCUT2D eigenvalue weighted by Gasteiger charge is -2.33. The highest BCUT2D eigenvalue weighted by Gasteiger charge is 2.15. The molecule has 76 valence electrons. The molecular formula is C11H15ClN2. The first-order chi connectivity index (χ1) is 6.68. The Hall–Kier alpha value is -0.730. The zero-order chi connectivity index (χ0) is 10.1. The number of nitrogens with two attached hydrogens (primary N) is 1. The van der Waals surface area contributed by atoms with Crippen LogP contribution in [0.5, 0.6) is 0 Å². The predicted molar refractivity (Wildman–Crippen MR) is 60.9 cm³/mol. The third kappa shape index (κ3) is 1.72. The molecule has 1 heterocycles. The SMILES string of the molecule is C[C@H](N)c1ccc(N2CCC2)cc1Cl. The van der Waals surface area contributed by atoms with Crippen molar-refractivity contribution in [3.05, 3.63) is 28.8 Å². The number of anilines is 1. The molecular weight excluding hydrogens is 196 g/mol. The van der Waals surface area contributed by atoms with Crippen molar-refractivity contribution in [3.8, 4) is 0 Å². The van der Waals surface area contributed by atoms with E-state index in [0.717, 1.165) is 23.7 Å². The van der Waals surface area contributed by atoms with Crippen LogP contribution < -0.4 is 10.6 Å². The number of hydrogen-bond donors (Lipinski definition) is 1. The van der Waals surface area contributed by atoms with Crippen LogP contribution >= 0.6 is 11.6 Å². The molecule has 0 aromatic heterocycles. The van der Waals surface area contributed by atoms with Gasteiger partial charge in [-0.1, -0.05) is 17.7 Å². The smallest absolute Gasteiger partial charge is 0.0474 e. The Labute approximate surface area is 89.7 Å². The molecule has 1 aromatic carbocycles. The lowest BCUT2D eigenvalue weighted by atomic mass is 10.1. The zero-order valence-corrected chi connectivity index (χ0v) is 9.09. The Balaban J connectivity index is 2.25. The quantitative estimate of drug-likeness (QED) is 0.813. The molecule has 0 aliphatic carbocycles. The van der Waals surface area contributed by atoms with Gasteiger partial charge < -0.3 is 10.6 Å². The fourth-order valence-corrected chi connectivity index (χ4v) is 2.00. The van der Waals surface area contributed by atoms with Crippen molar-refractivity contribution >= 4 is 17.3 Å². The maximum Gasteiger partial charge on any atom is 0.0474 e. The first-order valence-corrected chi connectivity index (χ1v) is 5.36. The first kappa shape index (κ1) is 9.81. The summed E-state index contributed by atoms with van der Waals surface area (Å²) in [6.07, 6.45) is 1.28. The molecule has 1 atom stereocenters. The molecule has 0 radical (unpaired) electrons. The van der Waals surface area contributed by atoms with Crippen molar-refractivity contribution in [2.75, 3.05) is 18.0 Å². The van der Waals surface area contributed by atoms with Crippen LogP contribution in [0.4, 0.5) is 5.69 Å². The molecule has 1 saturated heterocycles. The summed E-state index contributed by atoms with van der Waals surface area (Å²) >= 11 is 6.14. The molecule has 1 aliphatic heterocycles. The highest BCUT2D eigenvalue weighted by Crippen LogP contribution is 2.28. The van der Waals surface area contributed by atoms with Crippen molar-refractivity contribution in [2.45, 2.75) is 19.4 Å². The van der Waals surface area contributed by atoms with E-state index in [1.165, 1.54) is 12.1 Å². The van der Waals surface area contributed by atoms with Crippen LogP contribution in [-0.4, -0.2) is 13.1 Å². The molecule has 0 amide bonds. The van der Waals surface area contributed by atoms with E-state index in [4.69, 9.17) is 17.3 Å². The van der Waals surface area contributed by atoms with Crippen molar-refractivity contribution in [3.63, 3.8) is 0 Å². The van der Waals surface area contributed by atoms with E-state index < -0.39 is 0 Å². The Morgan fingerprint density at radius 2 is 2.14 bits per heavy atom. The molecule has 0 unspecified atom stereocenters. The standard InChI is InChI=1S/C11H15ClN2/c1-8(13)10-4-3-9(7-11(10)12)14-5-2-6-14/h3-4,7-8H,2,5-6,13H2,1H3/t8-/m0/s1. The minimum Gasteiger partial charge on any atom is -0.371 e. The minimum absolute atomic E-state index is 0.00735. The van der Waals surface area contributed by atoms with Gasteiger partial charge in [0.2, 0.25) is 0 Å². The summed E-state index contributed by atoms with van der Waals surface area (Å²) in [7, 11) is 0. The summed E-state index contributed by atoms with van der Waals surface area (Å²) < 4.78 is 0. The average Bonchev–Trinajstić information content (AvgIpc) is 2.00. The summed E-state index contributed by atoms with van der Waals surface area (Å²) in [4.78, 5) is 2.32. The van der Waals surface area contributed by atoms with Crippen LogP contribution in [0, 0.1) is 0 Å². The monoisotopic (exact) mass is 210 g/mol. The van der Waals surface area contributed by atoms with Crippen LogP contribution in [0.25, 0.3) is 0 Å². The molecule has 1 fully saturated rings. The second-order valence-electron chi connectivity index (χ2n) is 3.84. The highest BCUT2D eigenvalue weighted by molar-refractivity contribution is 6.31. The minimum atomic E-state index is 0.00735. The van der Waals surface area contributed by atoms with Gasteiger partial charge >= 0.3 is 0 Å². The average molecular weight is 211 g/mol. The maximum atomic E-state index is 6.14. The van der Waals surface area contributed by atoms with Gasteiger partial charge in [-0.2, -0.15) is 0 Å². The van der Waals surface area contributed by atoms with Crippen molar-refractivity contribution < 1.29 is 0 Å². The molecule has 0 saturated carbocycles. The highest BCUT2D eigenvalue weighted by atomic mass is 35.5. The van der Waals surface area contributed by atoms with E-state index in [0.29, 0.717) is 0 Å². The van der Waals surface area contributed by atoms with Crippen molar-refractivity contribution in [1.82, 2.24) is 0 Å². The Bertz CT molecular complexity index is 332. The van der Waals surface area contributed by atoms with E-state index in [9.17, 15) is 0 Å². The Kier molecular flexibility index (Phi) is 2.66. The molecule has 2 nitrogen and oxygen atoms in total. The van der Waals surface area contributed by atoms with Crippen LogP contribution in [0.3, 0.4) is 0 Å². The fraction of sp³-hybridized carbons (Fsp3) is 0.455. The summed E-state index contributed by atoms with van der Waals surface area (Å²) in [5.41, 5.74) is 8.03. The summed E-state index contributed by atoms with van der Waals surface area (Å²) in [6.45, 7) is 4.24.